The van der Waals surface area contributed by atoms with E-state index in [2.05, 4.69) is 9.97 Å². The van der Waals surface area contributed by atoms with Crippen LogP contribution in [0.5, 0.6) is 0 Å². The summed E-state index contributed by atoms with van der Waals surface area (Å²) >= 11 is 5.87. The number of anilines is 1. The van der Waals surface area contributed by atoms with E-state index in [-0.39, 0.29) is 6.04 Å². The van der Waals surface area contributed by atoms with Crippen LogP contribution in [0, 0.1) is 0 Å². The van der Waals surface area contributed by atoms with Crippen molar-refractivity contribution < 1.29 is 0 Å². The van der Waals surface area contributed by atoms with Crippen molar-refractivity contribution >= 4 is 17.4 Å². The molecule has 0 amide bonds. The predicted octanol–water partition coefficient (Wildman–Crippen LogP) is 1.10. The topological polar surface area (TPSA) is 82.8 Å². The number of nitrogens with two attached hydrogens (primary N) is 2. The van der Waals surface area contributed by atoms with Crippen LogP contribution in [0.15, 0.2) is 24.8 Å². The van der Waals surface area contributed by atoms with Gasteiger partial charge in [-0.2, -0.15) is 0 Å². The molecule has 0 saturated heterocycles. The van der Waals surface area contributed by atoms with Crippen LogP contribution in [0.1, 0.15) is 17.3 Å². The molecule has 5 nitrogen and oxygen atoms in total. The van der Waals surface area contributed by atoms with Crippen LogP contribution in [0.25, 0.3) is 0 Å². The Morgan fingerprint density at radius 3 is 2.81 bits per heavy atom. The molecular formula is C10H12ClN5. The first-order valence-corrected chi connectivity index (χ1v) is 5.10. The van der Waals surface area contributed by atoms with Gasteiger partial charge in [-0.05, 0) is 6.07 Å². The zero-order valence-corrected chi connectivity index (χ0v) is 9.52. The Morgan fingerprint density at radius 2 is 2.19 bits per heavy atom. The van der Waals surface area contributed by atoms with Crippen LogP contribution < -0.4 is 11.5 Å². The molecule has 1 unspecified atom stereocenters. The van der Waals surface area contributed by atoms with E-state index in [4.69, 9.17) is 23.1 Å². The number of hydrogen-bond acceptors (Lipinski definition) is 4. The van der Waals surface area contributed by atoms with E-state index < -0.39 is 0 Å². The Bertz CT molecular complexity index is 508. The minimum absolute atomic E-state index is 0.376. The van der Waals surface area contributed by atoms with Crippen LogP contribution in [0.3, 0.4) is 0 Å². The van der Waals surface area contributed by atoms with Gasteiger partial charge < -0.3 is 16.0 Å². The number of halogens is 1. The molecule has 4 N–H and O–H groups in total. The molecule has 2 rings (SSSR count). The van der Waals surface area contributed by atoms with Crippen molar-refractivity contribution in [1.29, 1.82) is 0 Å². The van der Waals surface area contributed by atoms with Gasteiger partial charge in [0.25, 0.3) is 0 Å². The van der Waals surface area contributed by atoms with E-state index in [1.165, 1.54) is 6.20 Å². The van der Waals surface area contributed by atoms with Gasteiger partial charge in [0, 0.05) is 18.8 Å². The second-order valence-corrected chi connectivity index (χ2v) is 3.97. The Labute approximate surface area is 98.1 Å². The van der Waals surface area contributed by atoms with Crippen molar-refractivity contribution in [2.75, 3.05) is 5.73 Å². The molecule has 0 aliphatic carbocycles. The number of hydrogen-bond donors (Lipinski definition) is 2. The summed E-state index contributed by atoms with van der Waals surface area (Å²) in [7, 11) is 1.87. The van der Waals surface area contributed by atoms with Crippen LogP contribution in [0.4, 0.5) is 5.82 Å². The average Bonchev–Trinajstić information content (AvgIpc) is 2.67. The molecular weight excluding hydrogens is 226 g/mol. The van der Waals surface area contributed by atoms with Gasteiger partial charge in [-0.15, -0.1) is 0 Å². The van der Waals surface area contributed by atoms with E-state index in [0.717, 1.165) is 5.69 Å². The highest BCUT2D eigenvalue weighted by molar-refractivity contribution is 6.30. The molecule has 2 aromatic heterocycles. The molecule has 0 aliphatic rings. The lowest BCUT2D eigenvalue weighted by Gasteiger charge is -2.14. The van der Waals surface area contributed by atoms with Gasteiger partial charge >= 0.3 is 0 Å². The van der Waals surface area contributed by atoms with Gasteiger partial charge in [0.05, 0.1) is 29.3 Å². The smallest absolute Gasteiger partial charge is 0.128 e. The maximum atomic E-state index is 6.09. The Hall–Kier alpha value is -1.59. The summed E-state index contributed by atoms with van der Waals surface area (Å²) in [4.78, 5) is 7.98. The van der Waals surface area contributed by atoms with Crippen molar-refractivity contribution in [2.45, 2.75) is 6.04 Å². The zero-order valence-electron chi connectivity index (χ0n) is 8.76. The normalized spacial score (nSPS) is 12.7. The molecule has 0 radical (unpaired) electrons. The predicted molar refractivity (Wildman–Crippen MR) is 62.9 cm³/mol. The third kappa shape index (κ3) is 1.87. The molecule has 0 aliphatic heterocycles. The monoisotopic (exact) mass is 237 g/mol. The van der Waals surface area contributed by atoms with Gasteiger partial charge in [-0.3, -0.25) is 0 Å². The molecule has 84 valence electrons. The first-order valence-electron chi connectivity index (χ1n) is 4.72. The van der Waals surface area contributed by atoms with Gasteiger partial charge in [-0.1, -0.05) is 11.6 Å². The lowest BCUT2D eigenvalue weighted by Crippen LogP contribution is -2.17. The highest BCUT2D eigenvalue weighted by Crippen LogP contribution is 2.25. The Balaban J connectivity index is 2.45. The number of rotatable bonds is 2. The molecule has 0 spiro atoms. The number of aromatic nitrogens is 3. The van der Waals surface area contributed by atoms with Crippen molar-refractivity contribution in [3.8, 4) is 0 Å². The maximum absolute atomic E-state index is 6.09. The lowest BCUT2D eigenvalue weighted by molar-refractivity contribution is 0.745. The number of imidazole rings is 1. The van der Waals surface area contributed by atoms with Crippen molar-refractivity contribution in [1.82, 2.24) is 14.5 Å². The quantitative estimate of drug-likeness (QED) is 0.819. The zero-order chi connectivity index (χ0) is 11.7. The molecule has 0 aromatic carbocycles. The second kappa shape index (κ2) is 4.11. The van der Waals surface area contributed by atoms with E-state index in [0.29, 0.717) is 16.4 Å². The summed E-state index contributed by atoms with van der Waals surface area (Å²) in [5.74, 6) is 0.387. The molecule has 0 fully saturated rings. The first kappa shape index (κ1) is 10.9. The maximum Gasteiger partial charge on any atom is 0.128 e. The largest absolute Gasteiger partial charge is 0.383 e. The molecule has 2 aromatic rings. The molecule has 0 saturated carbocycles. The number of aryl methyl sites for hydroxylation is 1. The summed E-state index contributed by atoms with van der Waals surface area (Å²) in [5.41, 5.74) is 13.4. The number of nitrogens with zero attached hydrogens (tertiary/aromatic N) is 3. The fourth-order valence-electron chi connectivity index (χ4n) is 1.54. The van der Waals surface area contributed by atoms with E-state index >= 15 is 0 Å². The average molecular weight is 238 g/mol. The third-order valence-electron chi connectivity index (χ3n) is 2.42. The highest BCUT2D eigenvalue weighted by Gasteiger charge is 2.16. The summed E-state index contributed by atoms with van der Waals surface area (Å²) in [6.45, 7) is 0. The van der Waals surface area contributed by atoms with Gasteiger partial charge in [0.15, 0.2) is 0 Å². The van der Waals surface area contributed by atoms with Gasteiger partial charge in [0.2, 0.25) is 0 Å². The highest BCUT2D eigenvalue weighted by atomic mass is 35.5. The van der Waals surface area contributed by atoms with Crippen molar-refractivity contribution in [2.24, 2.45) is 12.8 Å². The van der Waals surface area contributed by atoms with E-state index in [1.807, 2.05) is 11.6 Å². The summed E-state index contributed by atoms with van der Waals surface area (Å²) in [6, 6.07) is 1.35. The standard InChI is InChI=1S/C10H12ClN5/c1-16-5-14-4-8(16)9(12)7-2-6(11)3-15-10(7)13/h2-5,9H,12H2,1H3,(H2,13,15). The van der Waals surface area contributed by atoms with Gasteiger partial charge in [-0.25, -0.2) is 9.97 Å². The number of nitrogen functional groups attached to an aromatic ring is 1. The molecule has 2 heterocycles. The minimum Gasteiger partial charge on any atom is -0.383 e. The summed E-state index contributed by atoms with van der Waals surface area (Å²) in [5, 5.41) is 0.516. The lowest BCUT2D eigenvalue weighted by atomic mass is 10.1. The summed E-state index contributed by atoms with van der Waals surface area (Å²) in [6.07, 6.45) is 4.88. The van der Waals surface area contributed by atoms with E-state index in [9.17, 15) is 0 Å². The Kier molecular flexibility index (Phi) is 2.80. The van der Waals surface area contributed by atoms with Crippen LogP contribution in [-0.4, -0.2) is 14.5 Å². The fraction of sp³-hybridized carbons (Fsp3) is 0.200. The second-order valence-electron chi connectivity index (χ2n) is 3.54. The molecule has 6 heteroatoms. The molecule has 1 atom stereocenters. The minimum atomic E-state index is -0.376. The van der Waals surface area contributed by atoms with Crippen molar-refractivity contribution in [3.05, 3.63) is 41.1 Å². The van der Waals surface area contributed by atoms with Crippen LogP contribution in [0.2, 0.25) is 5.02 Å². The van der Waals surface area contributed by atoms with Crippen molar-refractivity contribution in [3.63, 3.8) is 0 Å². The van der Waals surface area contributed by atoms with Crippen LogP contribution >= 0.6 is 11.6 Å². The SMILES string of the molecule is Cn1cncc1C(N)c1cc(Cl)cnc1N. The third-order valence-corrected chi connectivity index (χ3v) is 2.63. The first-order chi connectivity index (χ1) is 7.59. The molecule has 16 heavy (non-hydrogen) atoms. The fourth-order valence-corrected chi connectivity index (χ4v) is 1.71. The summed E-state index contributed by atoms with van der Waals surface area (Å²) < 4.78 is 1.84. The molecule has 0 bridgehead atoms. The van der Waals surface area contributed by atoms with Gasteiger partial charge in [0.1, 0.15) is 5.82 Å². The van der Waals surface area contributed by atoms with E-state index in [1.54, 1.807) is 18.6 Å². The van der Waals surface area contributed by atoms with Crippen LogP contribution in [-0.2, 0) is 7.05 Å². The number of pyridine rings is 1. The Morgan fingerprint density at radius 1 is 1.44 bits per heavy atom.